The number of rotatable bonds is 18. The number of carbonyl (C=O) groups excluding carboxylic acids is 1. The highest BCUT2D eigenvalue weighted by Crippen LogP contribution is 2.14. The number of aryl methyl sites for hydroxylation is 1. The summed E-state index contributed by atoms with van der Waals surface area (Å²) in [5, 5.41) is 9.50. The Labute approximate surface area is 218 Å². The maximum absolute atomic E-state index is 12.2. The van der Waals surface area contributed by atoms with Gasteiger partial charge in [-0.25, -0.2) is 4.57 Å². The number of benzene rings is 1. The second-order valence-electron chi connectivity index (χ2n) is 9.21. The SMILES string of the molecule is CCCCCCCCCCCCCCCC[n+]1ccc(/C=C/C(=O)c2cccc(O)c2)cc1.[Br-]. The zero-order chi connectivity index (χ0) is 23.6. The molecule has 34 heavy (non-hydrogen) atoms. The summed E-state index contributed by atoms with van der Waals surface area (Å²) in [5.41, 5.74) is 1.50. The standard InChI is InChI=1S/C30H43NO2.BrH/c1-2-3-4-5-6-7-8-9-10-11-12-13-14-15-23-31-24-21-27(22-25-31)19-20-30(33)28-17-16-18-29(32)26-28;/h16-22,24-26H,2-15,23H2,1H3;1H/b20-19+;. The first-order valence-corrected chi connectivity index (χ1v) is 13.2. The summed E-state index contributed by atoms with van der Waals surface area (Å²) >= 11 is 0. The van der Waals surface area contributed by atoms with Gasteiger partial charge in [-0.15, -0.1) is 0 Å². The van der Waals surface area contributed by atoms with Gasteiger partial charge in [-0.2, -0.15) is 0 Å². The molecule has 2 rings (SSSR count). The van der Waals surface area contributed by atoms with E-state index in [2.05, 4.69) is 23.9 Å². The molecule has 0 amide bonds. The third-order valence-corrected chi connectivity index (χ3v) is 6.24. The molecular formula is C30H44BrNO2. The number of allylic oxidation sites excluding steroid dienone is 1. The van der Waals surface area contributed by atoms with Crippen LogP contribution in [0.1, 0.15) is 113 Å². The Morgan fingerprint density at radius 3 is 1.85 bits per heavy atom. The lowest BCUT2D eigenvalue weighted by Gasteiger charge is -2.03. The molecule has 0 spiro atoms. The van der Waals surface area contributed by atoms with Gasteiger partial charge in [-0.3, -0.25) is 4.79 Å². The molecule has 3 nitrogen and oxygen atoms in total. The van der Waals surface area contributed by atoms with Gasteiger partial charge in [0.05, 0.1) is 0 Å². The number of carbonyl (C=O) groups is 1. The van der Waals surface area contributed by atoms with E-state index in [-0.39, 0.29) is 28.5 Å². The molecule has 0 aliphatic rings. The number of hydrogen-bond donors (Lipinski definition) is 1. The van der Waals surface area contributed by atoms with Gasteiger partial charge in [0.25, 0.3) is 0 Å². The first-order chi connectivity index (χ1) is 16.2. The predicted octanol–water partition coefficient (Wildman–Crippen LogP) is 5.06. The first kappa shape index (κ1) is 30.1. The van der Waals surface area contributed by atoms with Gasteiger partial charge >= 0.3 is 0 Å². The zero-order valence-corrected chi connectivity index (χ0v) is 22.6. The fraction of sp³-hybridized carbons (Fsp3) is 0.533. The number of aromatic nitrogens is 1. The molecule has 0 saturated carbocycles. The van der Waals surface area contributed by atoms with Crippen LogP contribution >= 0.6 is 0 Å². The van der Waals surface area contributed by atoms with Crippen molar-refractivity contribution in [3.63, 3.8) is 0 Å². The van der Waals surface area contributed by atoms with E-state index >= 15 is 0 Å². The number of nitrogens with zero attached hydrogens (tertiary/aromatic N) is 1. The molecule has 1 aromatic carbocycles. The van der Waals surface area contributed by atoms with Crippen LogP contribution in [0.4, 0.5) is 0 Å². The third-order valence-electron chi connectivity index (χ3n) is 6.24. The van der Waals surface area contributed by atoms with Gasteiger partial charge in [0.1, 0.15) is 12.3 Å². The predicted molar refractivity (Wildman–Crippen MR) is 138 cm³/mol. The molecule has 0 fully saturated rings. The topological polar surface area (TPSA) is 41.2 Å². The van der Waals surface area contributed by atoms with Gasteiger partial charge in [0.2, 0.25) is 0 Å². The summed E-state index contributed by atoms with van der Waals surface area (Å²) in [6.45, 7) is 3.33. The number of phenolic OH excluding ortho intramolecular Hbond substituents is 1. The van der Waals surface area contributed by atoms with Crippen LogP contribution in [0.5, 0.6) is 5.75 Å². The van der Waals surface area contributed by atoms with Crippen molar-refractivity contribution in [3.8, 4) is 5.75 Å². The Kier molecular flexibility index (Phi) is 17.1. The number of ketones is 1. The van der Waals surface area contributed by atoms with Crippen LogP contribution in [0.2, 0.25) is 0 Å². The molecular weight excluding hydrogens is 486 g/mol. The first-order valence-electron chi connectivity index (χ1n) is 13.2. The van der Waals surface area contributed by atoms with Crippen molar-refractivity contribution >= 4 is 11.9 Å². The van der Waals surface area contributed by atoms with Crippen molar-refractivity contribution in [1.82, 2.24) is 0 Å². The van der Waals surface area contributed by atoms with Crippen LogP contribution in [0.15, 0.2) is 54.9 Å². The van der Waals surface area contributed by atoms with Crippen LogP contribution in [0.25, 0.3) is 6.08 Å². The molecule has 0 aliphatic carbocycles. The summed E-state index contributed by atoms with van der Waals surface area (Å²) in [4.78, 5) is 12.2. The Morgan fingerprint density at radius 1 is 0.794 bits per heavy atom. The normalized spacial score (nSPS) is 11.0. The van der Waals surface area contributed by atoms with Crippen LogP contribution in [-0.4, -0.2) is 10.9 Å². The van der Waals surface area contributed by atoms with Crippen molar-refractivity contribution in [2.75, 3.05) is 0 Å². The average molecular weight is 531 g/mol. The summed E-state index contributed by atoms with van der Waals surface area (Å²) in [6, 6.07) is 10.5. The molecule has 0 aliphatic heterocycles. The number of pyridine rings is 1. The van der Waals surface area contributed by atoms with Gasteiger partial charge in [0, 0.05) is 24.1 Å². The molecule has 1 N–H and O–H groups in total. The van der Waals surface area contributed by atoms with Gasteiger partial charge in [0.15, 0.2) is 18.2 Å². The highest BCUT2D eigenvalue weighted by Gasteiger charge is 2.03. The van der Waals surface area contributed by atoms with E-state index < -0.39 is 0 Å². The summed E-state index contributed by atoms with van der Waals surface area (Å²) in [5.74, 6) is 0.00328. The minimum Gasteiger partial charge on any atom is -1.00 e. The highest BCUT2D eigenvalue weighted by molar-refractivity contribution is 6.06. The monoisotopic (exact) mass is 529 g/mol. The van der Waals surface area contributed by atoms with Crippen LogP contribution in [-0.2, 0) is 6.54 Å². The highest BCUT2D eigenvalue weighted by atomic mass is 79.9. The van der Waals surface area contributed by atoms with E-state index in [1.807, 2.05) is 18.2 Å². The van der Waals surface area contributed by atoms with Crippen molar-refractivity contribution in [2.45, 2.75) is 103 Å². The second-order valence-corrected chi connectivity index (χ2v) is 9.21. The van der Waals surface area contributed by atoms with E-state index in [1.165, 1.54) is 96.0 Å². The van der Waals surface area contributed by atoms with Crippen molar-refractivity contribution < 1.29 is 31.4 Å². The third kappa shape index (κ3) is 13.7. The number of unbranched alkanes of at least 4 members (excludes halogenated alkanes) is 13. The maximum Gasteiger partial charge on any atom is 0.185 e. The van der Waals surface area contributed by atoms with E-state index in [0.29, 0.717) is 5.56 Å². The number of hydrogen-bond acceptors (Lipinski definition) is 2. The lowest BCUT2D eigenvalue weighted by Crippen LogP contribution is -3.00. The molecule has 0 atom stereocenters. The minimum atomic E-state index is -0.106. The molecule has 0 radical (unpaired) electrons. The average Bonchev–Trinajstić information content (AvgIpc) is 2.83. The molecule has 0 bridgehead atoms. The van der Waals surface area contributed by atoms with E-state index in [4.69, 9.17) is 0 Å². The quantitative estimate of drug-likeness (QED) is 0.127. The Hall–Kier alpha value is -1.94. The molecule has 1 aromatic heterocycles. The fourth-order valence-corrected chi connectivity index (χ4v) is 4.15. The molecule has 0 unspecified atom stereocenters. The lowest BCUT2D eigenvalue weighted by atomic mass is 10.0. The van der Waals surface area contributed by atoms with Gasteiger partial charge in [-0.05, 0) is 30.2 Å². The zero-order valence-electron chi connectivity index (χ0n) is 21.1. The van der Waals surface area contributed by atoms with Gasteiger partial charge < -0.3 is 22.1 Å². The second kappa shape index (κ2) is 19.4. The maximum atomic E-state index is 12.2. The molecule has 4 heteroatoms. The van der Waals surface area contributed by atoms with E-state index in [1.54, 1.807) is 24.3 Å². The number of phenols is 1. The van der Waals surface area contributed by atoms with Crippen molar-refractivity contribution in [2.24, 2.45) is 0 Å². The van der Waals surface area contributed by atoms with E-state index in [9.17, 15) is 9.90 Å². The van der Waals surface area contributed by atoms with Crippen LogP contribution in [0.3, 0.4) is 0 Å². The summed E-state index contributed by atoms with van der Waals surface area (Å²) in [7, 11) is 0. The lowest BCUT2D eigenvalue weighted by molar-refractivity contribution is -0.697. The van der Waals surface area contributed by atoms with Crippen LogP contribution in [0, 0.1) is 0 Å². The molecule has 1 heterocycles. The van der Waals surface area contributed by atoms with Crippen LogP contribution < -0.4 is 21.5 Å². The Bertz CT molecular complexity index is 817. The Balaban J connectivity index is 0.00000578. The van der Waals surface area contributed by atoms with E-state index in [0.717, 1.165) is 12.1 Å². The van der Waals surface area contributed by atoms with Gasteiger partial charge in [-0.1, -0.05) is 102 Å². The summed E-state index contributed by atoms with van der Waals surface area (Å²) < 4.78 is 2.22. The number of aromatic hydroxyl groups is 1. The fourth-order valence-electron chi connectivity index (χ4n) is 4.15. The van der Waals surface area contributed by atoms with Crippen molar-refractivity contribution in [3.05, 3.63) is 66.0 Å². The molecule has 2 aromatic rings. The molecule has 188 valence electrons. The largest absolute Gasteiger partial charge is 1.00 e. The smallest absolute Gasteiger partial charge is 0.185 e. The Morgan fingerprint density at radius 2 is 1.32 bits per heavy atom. The minimum absolute atomic E-state index is 0. The molecule has 0 saturated heterocycles. The summed E-state index contributed by atoms with van der Waals surface area (Å²) in [6.07, 6.45) is 26.9. The number of halogens is 1. The van der Waals surface area contributed by atoms with Crippen molar-refractivity contribution in [1.29, 1.82) is 0 Å².